The van der Waals surface area contributed by atoms with Crippen molar-refractivity contribution < 1.29 is 9.59 Å². The molecule has 1 aromatic rings. The number of anilines is 1. The van der Waals surface area contributed by atoms with Gasteiger partial charge in [-0.3, -0.25) is 9.59 Å². The number of hydrogen-bond donors (Lipinski definition) is 2. The van der Waals surface area contributed by atoms with Crippen LogP contribution in [0.1, 0.15) is 44.7 Å². The standard InChI is InChI=1S/C17H26N2O2/c1-6-7-11-18-15(20)17(4,5)16(21)19-14-12(2)9-8-10-13(14)3/h8-10H,6-7,11H2,1-5H3,(H,18,20)(H,19,21). The van der Waals surface area contributed by atoms with Crippen LogP contribution in [0.15, 0.2) is 18.2 Å². The normalized spacial score (nSPS) is 11.1. The van der Waals surface area contributed by atoms with Crippen molar-refractivity contribution in [2.45, 2.75) is 47.5 Å². The van der Waals surface area contributed by atoms with Gasteiger partial charge >= 0.3 is 0 Å². The summed E-state index contributed by atoms with van der Waals surface area (Å²) < 4.78 is 0. The molecule has 0 radical (unpaired) electrons. The molecule has 0 heterocycles. The number of unbranched alkanes of at least 4 members (excludes halogenated alkanes) is 1. The lowest BCUT2D eigenvalue weighted by molar-refractivity contribution is -0.138. The summed E-state index contributed by atoms with van der Waals surface area (Å²) >= 11 is 0. The van der Waals surface area contributed by atoms with E-state index in [9.17, 15) is 9.59 Å². The van der Waals surface area contributed by atoms with Crippen molar-refractivity contribution in [1.29, 1.82) is 0 Å². The first-order chi connectivity index (χ1) is 9.80. The molecular weight excluding hydrogens is 264 g/mol. The monoisotopic (exact) mass is 290 g/mol. The fourth-order valence-electron chi connectivity index (χ4n) is 1.98. The van der Waals surface area contributed by atoms with E-state index < -0.39 is 5.41 Å². The van der Waals surface area contributed by atoms with E-state index in [0.717, 1.165) is 29.7 Å². The zero-order valence-corrected chi connectivity index (χ0v) is 13.7. The van der Waals surface area contributed by atoms with Gasteiger partial charge in [0.2, 0.25) is 11.8 Å². The summed E-state index contributed by atoms with van der Waals surface area (Å²) in [5.41, 5.74) is 1.68. The third kappa shape index (κ3) is 4.31. The van der Waals surface area contributed by atoms with Crippen molar-refractivity contribution in [3.8, 4) is 0 Å². The highest BCUT2D eigenvalue weighted by Crippen LogP contribution is 2.24. The van der Waals surface area contributed by atoms with Gasteiger partial charge in [0.25, 0.3) is 0 Å². The van der Waals surface area contributed by atoms with Crippen LogP contribution < -0.4 is 10.6 Å². The predicted molar refractivity (Wildman–Crippen MR) is 86.2 cm³/mol. The lowest BCUT2D eigenvalue weighted by Crippen LogP contribution is -2.45. The first-order valence-corrected chi connectivity index (χ1v) is 7.46. The van der Waals surface area contributed by atoms with Crippen LogP contribution in [0, 0.1) is 19.3 Å². The van der Waals surface area contributed by atoms with Gasteiger partial charge in [-0.15, -0.1) is 0 Å². The van der Waals surface area contributed by atoms with Gasteiger partial charge in [0.1, 0.15) is 5.41 Å². The van der Waals surface area contributed by atoms with E-state index in [-0.39, 0.29) is 11.8 Å². The Labute approximate surface area is 127 Å². The van der Waals surface area contributed by atoms with Gasteiger partial charge in [0.05, 0.1) is 0 Å². The van der Waals surface area contributed by atoms with E-state index in [4.69, 9.17) is 0 Å². The van der Waals surface area contributed by atoms with Crippen molar-refractivity contribution in [3.05, 3.63) is 29.3 Å². The molecule has 116 valence electrons. The average molecular weight is 290 g/mol. The summed E-state index contributed by atoms with van der Waals surface area (Å²) in [7, 11) is 0. The summed E-state index contributed by atoms with van der Waals surface area (Å²) in [6, 6.07) is 5.83. The lowest BCUT2D eigenvalue weighted by atomic mass is 9.90. The Morgan fingerprint density at radius 3 is 2.19 bits per heavy atom. The molecule has 2 N–H and O–H groups in total. The molecule has 1 aromatic carbocycles. The third-order valence-electron chi connectivity index (χ3n) is 3.67. The second-order valence-electron chi connectivity index (χ2n) is 5.96. The Kier molecular flexibility index (Phi) is 5.94. The van der Waals surface area contributed by atoms with Crippen molar-refractivity contribution in [3.63, 3.8) is 0 Å². The van der Waals surface area contributed by atoms with Gasteiger partial charge in [0, 0.05) is 12.2 Å². The van der Waals surface area contributed by atoms with Crippen LogP contribution in [-0.4, -0.2) is 18.4 Å². The van der Waals surface area contributed by atoms with E-state index in [0.29, 0.717) is 6.54 Å². The summed E-state index contributed by atoms with van der Waals surface area (Å²) in [6.07, 6.45) is 1.93. The third-order valence-corrected chi connectivity index (χ3v) is 3.67. The Bertz CT molecular complexity index is 501. The van der Waals surface area contributed by atoms with E-state index in [2.05, 4.69) is 17.6 Å². The molecule has 4 nitrogen and oxygen atoms in total. The first kappa shape index (κ1) is 17.2. The summed E-state index contributed by atoms with van der Waals surface area (Å²) in [5, 5.41) is 5.71. The number of carbonyl (C=O) groups is 2. The fraction of sp³-hybridized carbons (Fsp3) is 0.529. The van der Waals surface area contributed by atoms with Gasteiger partial charge in [-0.1, -0.05) is 31.5 Å². The fourth-order valence-corrected chi connectivity index (χ4v) is 1.98. The SMILES string of the molecule is CCCCNC(=O)C(C)(C)C(=O)Nc1c(C)cccc1C. The molecule has 0 fully saturated rings. The molecular formula is C17H26N2O2. The van der Waals surface area contributed by atoms with E-state index in [1.807, 2.05) is 32.0 Å². The average Bonchev–Trinajstić information content (AvgIpc) is 2.42. The number of aryl methyl sites for hydroxylation is 2. The van der Waals surface area contributed by atoms with Crippen molar-refractivity contribution in [2.75, 3.05) is 11.9 Å². The molecule has 21 heavy (non-hydrogen) atoms. The maximum absolute atomic E-state index is 12.4. The molecule has 0 aliphatic carbocycles. The first-order valence-electron chi connectivity index (χ1n) is 7.46. The summed E-state index contributed by atoms with van der Waals surface area (Å²) in [5.74, 6) is -0.520. The van der Waals surface area contributed by atoms with Crippen molar-refractivity contribution in [2.24, 2.45) is 5.41 Å². The van der Waals surface area contributed by atoms with Gasteiger partial charge in [-0.05, 0) is 45.2 Å². The molecule has 2 amide bonds. The van der Waals surface area contributed by atoms with Gasteiger partial charge in [-0.25, -0.2) is 0 Å². The molecule has 0 saturated heterocycles. The number of carbonyl (C=O) groups excluding carboxylic acids is 2. The van der Waals surface area contributed by atoms with Crippen LogP contribution >= 0.6 is 0 Å². The summed E-state index contributed by atoms with van der Waals surface area (Å²) in [6.45, 7) is 9.85. The van der Waals surface area contributed by atoms with Crippen molar-refractivity contribution in [1.82, 2.24) is 5.32 Å². The largest absolute Gasteiger partial charge is 0.355 e. The number of benzene rings is 1. The van der Waals surface area contributed by atoms with E-state index >= 15 is 0 Å². The van der Waals surface area contributed by atoms with Gasteiger partial charge in [-0.2, -0.15) is 0 Å². The maximum Gasteiger partial charge on any atom is 0.239 e. The van der Waals surface area contributed by atoms with Crippen LogP contribution in [0.25, 0.3) is 0 Å². The van der Waals surface area contributed by atoms with Crippen LogP contribution in [0.5, 0.6) is 0 Å². The Morgan fingerprint density at radius 2 is 1.67 bits per heavy atom. The van der Waals surface area contributed by atoms with Crippen LogP contribution in [-0.2, 0) is 9.59 Å². The number of nitrogens with one attached hydrogen (secondary N) is 2. The molecule has 0 aliphatic rings. The maximum atomic E-state index is 12.4. The predicted octanol–water partition coefficient (Wildman–Crippen LogP) is 3.18. The minimum atomic E-state index is -1.09. The minimum absolute atomic E-state index is 0.236. The smallest absolute Gasteiger partial charge is 0.239 e. The second-order valence-corrected chi connectivity index (χ2v) is 5.96. The summed E-state index contributed by atoms with van der Waals surface area (Å²) in [4.78, 5) is 24.6. The highest BCUT2D eigenvalue weighted by Gasteiger charge is 2.36. The number of hydrogen-bond acceptors (Lipinski definition) is 2. The topological polar surface area (TPSA) is 58.2 Å². The minimum Gasteiger partial charge on any atom is -0.355 e. The second kappa shape index (κ2) is 7.25. The van der Waals surface area contributed by atoms with Crippen LogP contribution in [0.2, 0.25) is 0 Å². The van der Waals surface area contributed by atoms with Crippen LogP contribution in [0.4, 0.5) is 5.69 Å². The molecule has 1 rings (SSSR count). The lowest BCUT2D eigenvalue weighted by Gasteiger charge is -2.24. The van der Waals surface area contributed by atoms with Crippen LogP contribution in [0.3, 0.4) is 0 Å². The Balaban J connectivity index is 2.79. The zero-order chi connectivity index (χ0) is 16.0. The van der Waals surface area contributed by atoms with Crippen molar-refractivity contribution >= 4 is 17.5 Å². The quantitative estimate of drug-likeness (QED) is 0.624. The number of para-hydroxylation sites is 1. The van der Waals surface area contributed by atoms with Gasteiger partial charge < -0.3 is 10.6 Å². The Hall–Kier alpha value is -1.84. The highest BCUT2D eigenvalue weighted by molar-refractivity contribution is 6.10. The molecule has 4 heteroatoms. The molecule has 0 spiro atoms. The number of rotatable bonds is 6. The number of amides is 2. The van der Waals surface area contributed by atoms with E-state index in [1.54, 1.807) is 13.8 Å². The highest BCUT2D eigenvalue weighted by atomic mass is 16.2. The molecule has 0 aliphatic heterocycles. The van der Waals surface area contributed by atoms with E-state index in [1.165, 1.54) is 0 Å². The molecule has 0 aromatic heterocycles. The molecule has 0 saturated carbocycles. The molecule has 0 bridgehead atoms. The Morgan fingerprint density at radius 1 is 1.10 bits per heavy atom. The van der Waals surface area contributed by atoms with Gasteiger partial charge in [0.15, 0.2) is 0 Å². The molecule has 0 atom stereocenters. The zero-order valence-electron chi connectivity index (χ0n) is 13.7. The molecule has 0 unspecified atom stereocenters.